The Labute approximate surface area is 223 Å². The van der Waals surface area contributed by atoms with Gasteiger partial charge in [0.1, 0.15) is 23.0 Å². The Kier molecular flexibility index (Phi) is 7.88. The van der Waals surface area contributed by atoms with Gasteiger partial charge in [-0.25, -0.2) is 9.37 Å². The number of aromatic hydroxyl groups is 1. The SMILES string of the molecule is CC(C(=O)O)S(=O)c1ccc(Oc2c(F)cnc(Oc3cc(C(=N)N)ccc3O)c2F)c(C2N=CCN2C)c1. The predicted molar refractivity (Wildman–Crippen MR) is 137 cm³/mol. The molecule has 0 fully saturated rings. The number of aliphatic carboxylic acids is 1. The van der Waals surface area contributed by atoms with Crippen molar-refractivity contribution in [3.63, 3.8) is 0 Å². The molecule has 3 atom stereocenters. The number of nitrogens with one attached hydrogen (secondary N) is 1. The van der Waals surface area contributed by atoms with Crippen molar-refractivity contribution in [2.45, 2.75) is 23.2 Å². The summed E-state index contributed by atoms with van der Waals surface area (Å²) in [6.45, 7) is 1.76. The number of ether oxygens (including phenoxy) is 2. The molecule has 4 rings (SSSR count). The van der Waals surface area contributed by atoms with Crippen LogP contribution in [0.5, 0.6) is 28.9 Å². The topological polar surface area (TPSA) is 171 Å². The molecule has 1 aliphatic heterocycles. The Morgan fingerprint density at radius 1 is 1.23 bits per heavy atom. The fourth-order valence-corrected chi connectivity index (χ4v) is 4.66. The molecule has 11 nitrogen and oxygen atoms in total. The summed E-state index contributed by atoms with van der Waals surface area (Å²) in [6.07, 6.45) is 1.63. The van der Waals surface area contributed by atoms with E-state index in [1.54, 1.807) is 18.2 Å². The molecule has 14 heteroatoms. The minimum Gasteiger partial charge on any atom is -0.504 e. The number of carboxylic acid groups (broad SMARTS) is 1. The maximum Gasteiger partial charge on any atom is 0.319 e. The molecule has 3 aromatic rings. The van der Waals surface area contributed by atoms with E-state index in [2.05, 4.69) is 9.98 Å². The zero-order valence-corrected chi connectivity index (χ0v) is 21.4. The van der Waals surface area contributed by atoms with Crippen LogP contribution in [0.3, 0.4) is 0 Å². The fraction of sp³-hybridized carbons (Fsp3) is 0.200. The molecule has 0 saturated carbocycles. The molecule has 0 saturated heterocycles. The van der Waals surface area contributed by atoms with E-state index >= 15 is 4.39 Å². The second kappa shape index (κ2) is 11.1. The normalized spacial score (nSPS) is 16.6. The van der Waals surface area contributed by atoms with Gasteiger partial charge in [-0.2, -0.15) is 4.39 Å². The molecule has 0 spiro atoms. The van der Waals surface area contributed by atoms with Gasteiger partial charge >= 0.3 is 5.97 Å². The largest absolute Gasteiger partial charge is 0.504 e. The van der Waals surface area contributed by atoms with Crippen LogP contribution in [-0.2, 0) is 15.6 Å². The highest BCUT2D eigenvalue weighted by molar-refractivity contribution is 7.86. The van der Waals surface area contributed by atoms with Gasteiger partial charge in [0.05, 0.1) is 17.0 Å². The lowest BCUT2D eigenvalue weighted by Crippen LogP contribution is -2.23. The first-order valence-corrected chi connectivity index (χ1v) is 12.6. The van der Waals surface area contributed by atoms with Gasteiger partial charge < -0.3 is 25.4 Å². The highest BCUT2D eigenvalue weighted by Crippen LogP contribution is 2.40. The molecule has 0 aliphatic carbocycles. The predicted octanol–water partition coefficient (Wildman–Crippen LogP) is 3.53. The van der Waals surface area contributed by atoms with Gasteiger partial charge in [-0.3, -0.25) is 24.3 Å². The van der Waals surface area contributed by atoms with Gasteiger partial charge in [-0.1, -0.05) is 0 Å². The molecule has 1 aromatic heterocycles. The number of hydrogen-bond acceptors (Lipinski definition) is 9. The first-order chi connectivity index (χ1) is 18.5. The fourth-order valence-electron chi connectivity index (χ4n) is 3.62. The van der Waals surface area contributed by atoms with Gasteiger partial charge in [0.15, 0.2) is 17.3 Å². The number of pyridine rings is 1. The number of nitrogen functional groups attached to an aromatic ring is 1. The third-order valence-corrected chi connectivity index (χ3v) is 7.35. The van der Waals surface area contributed by atoms with E-state index in [0.29, 0.717) is 18.3 Å². The van der Waals surface area contributed by atoms with Crippen molar-refractivity contribution in [3.05, 3.63) is 65.4 Å². The van der Waals surface area contributed by atoms with Crippen LogP contribution in [0.25, 0.3) is 0 Å². The minimum absolute atomic E-state index is 0.0361. The molecule has 1 aliphatic rings. The third kappa shape index (κ3) is 5.71. The summed E-state index contributed by atoms with van der Waals surface area (Å²) in [6, 6.07) is 7.81. The molecule has 3 unspecified atom stereocenters. The van der Waals surface area contributed by atoms with Crippen LogP contribution in [0.1, 0.15) is 24.2 Å². The van der Waals surface area contributed by atoms with Crippen LogP contribution in [0.2, 0.25) is 0 Å². The molecule has 0 bridgehead atoms. The number of phenolic OH excluding ortho intramolecular Hbond substituents is 1. The second-order valence-electron chi connectivity index (χ2n) is 8.48. The third-order valence-electron chi connectivity index (χ3n) is 5.78. The van der Waals surface area contributed by atoms with Crippen molar-refractivity contribution in [3.8, 4) is 28.9 Å². The van der Waals surface area contributed by atoms with Gasteiger partial charge in [0.2, 0.25) is 11.6 Å². The van der Waals surface area contributed by atoms with E-state index in [1.807, 2.05) is 0 Å². The lowest BCUT2D eigenvalue weighted by atomic mass is 10.1. The number of carbonyl (C=O) groups is 1. The van der Waals surface area contributed by atoms with Gasteiger partial charge in [0, 0.05) is 28.8 Å². The molecule has 2 heterocycles. The smallest absolute Gasteiger partial charge is 0.319 e. The van der Waals surface area contributed by atoms with E-state index in [1.165, 1.54) is 43.3 Å². The summed E-state index contributed by atoms with van der Waals surface area (Å²) < 4.78 is 54.0. The highest BCUT2D eigenvalue weighted by Gasteiger charge is 2.28. The zero-order valence-electron chi connectivity index (χ0n) is 20.6. The number of amidine groups is 1. The second-order valence-corrected chi connectivity index (χ2v) is 10.3. The Hall–Kier alpha value is -4.43. The maximum absolute atomic E-state index is 15.4. The number of aromatic nitrogens is 1. The summed E-state index contributed by atoms with van der Waals surface area (Å²) in [5.41, 5.74) is 5.92. The van der Waals surface area contributed by atoms with Gasteiger partial charge in [0.25, 0.3) is 5.88 Å². The van der Waals surface area contributed by atoms with Crippen molar-refractivity contribution in [2.24, 2.45) is 10.7 Å². The standard InChI is InChI=1S/C25H23F2N5O6S/c1-12(25(34)35)39(36)14-4-6-18(15(10-14)23-30-7-8-32(23)2)37-21-16(26)11-31-24(20(21)27)38-19-9-13(22(28)29)3-5-17(19)33/h3-7,9-12,23,33H,8H2,1-2H3,(H3,28,29)(H,34,35). The molecule has 0 radical (unpaired) electrons. The monoisotopic (exact) mass is 559 g/mol. The first-order valence-electron chi connectivity index (χ1n) is 11.3. The van der Waals surface area contributed by atoms with Crippen LogP contribution in [0, 0.1) is 17.0 Å². The Balaban J connectivity index is 1.74. The Morgan fingerprint density at radius 3 is 2.62 bits per heavy atom. The summed E-state index contributed by atoms with van der Waals surface area (Å²) >= 11 is 0. The molecule has 5 N–H and O–H groups in total. The number of aliphatic imine (C=N–C) groups is 1. The lowest BCUT2D eigenvalue weighted by molar-refractivity contribution is -0.136. The molecular formula is C25H23F2N5O6S. The molecule has 0 amide bonds. The molecular weight excluding hydrogens is 536 g/mol. The van der Waals surface area contributed by atoms with E-state index in [0.717, 1.165) is 0 Å². The van der Waals surface area contributed by atoms with Crippen molar-refractivity contribution >= 4 is 28.8 Å². The number of carboxylic acids is 1. The van der Waals surface area contributed by atoms with Crippen LogP contribution in [0.15, 0.2) is 52.5 Å². The number of nitrogens with two attached hydrogens (primary N) is 1. The maximum atomic E-state index is 15.4. The number of nitrogens with zero attached hydrogens (tertiary/aromatic N) is 3. The van der Waals surface area contributed by atoms with E-state index in [9.17, 15) is 23.6 Å². The van der Waals surface area contributed by atoms with Crippen LogP contribution in [0.4, 0.5) is 8.78 Å². The number of phenols is 1. The highest BCUT2D eigenvalue weighted by atomic mass is 32.2. The molecule has 39 heavy (non-hydrogen) atoms. The number of hydrogen-bond donors (Lipinski definition) is 4. The summed E-state index contributed by atoms with van der Waals surface area (Å²) in [7, 11) is -0.187. The van der Waals surface area contributed by atoms with Crippen LogP contribution < -0.4 is 15.2 Å². The minimum atomic E-state index is -1.93. The summed E-state index contributed by atoms with van der Waals surface area (Å²) in [4.78, 5) is 21.2. The average Bonchev–Trinajstić information content (AvgIpc) is 3.33. The van der Waals surface area contributed by atoms with Gasteiger partial charge in [-0.05, 0) is 50.4 Å². The van der Waals surface area contributed by atoms with E-state index in [4.69, 9.17) is 20.6 Å². The van der Waals surface area contributed by atoms with Crippen LogP contribution >= 0.6 is 0 Å². The Morgan fingerprint density at radius 2 is 1.97 bits per heavy atom. The van der Waals surface area contributed by atoms with E-state index < -0.39 is 57.2 Å². The zero-order chi connectivity index (χ0) is 28.4. The summed E-state index contributed by atoms with van der Waals surface area (Å²) in [5, 5.41) is 25.7. The summed E-state index contributed by atoms with van der Waals surface area (Å²) in [5.74, 6) is -6.40. The first kappa shape index (κ1) is 27.6. The molecule has 204 valence electrons. The lowest BCUT2D eigenvalue weighted by Gasteiger charge is -2.22. The van der Waals surface area contributed by atoms with Crippen molar-refractivity contribution in [1.29, 1.82) is 5.41 Å². The van der Waals surface area contributed by atoms with Crippen molar-refractivity contribution in [1.82, 2.24) is 9.88 Å². The van der Waals surface area contributed by atoms with Crippen molar-refractivity contribution in [2.75, 3.05) is 13.6 Å². The number of rotatable bonds is 9. The average molecular weight is 560 g/mol. The Bertz CT molecular complexity index is 1520. The number of halogens is 2. The van der Waals surface area contributed by atoms with Crippen molar-refractivity contribution < 1.29 is 37.5 Å². The van der Waals surface area contributed by atoms with Crippen LogP contribution in [-0.4, -0.2) is 61.2 Å². The number of benzene rings is 2. The quantitative estimate of drug-likeness (QED) is 0.226. The van der Waals surface area contributed by atoms with E-state index in [-0.39, 0.29) is 27.8 Å². The van der Waals surface area contributed by atoms with Gasteiger partial charge in [-0.15, -0.1) is 0 Å². The molecule has 2 aromatic carbocycles.